The molecule has 17 heavy (non-hydrogen) atoms. The van der Waals surface area contributed by atoms with Gasteiger partial charge in [0.15, 0.2) is 0 Å². The van der Waals surface area contributed by atoms with E-state index < -0.39 is 5.97 Å². The number of rotatable bonds is 2. The van der Waals surface area contributed by atoms with Gasteiger partial charge in [-0.15, -0.1) is 11.3 Å². The van der Waals surface area contributed by atoms with Gasteiger partial charge in [-0.2, -0.15) is 0 Å². The van der Waals surface area contributed by atoms with Gasteiger partial charge in [0.05, 0.1) is 12.8 Å². The summed E-state index contributed by atoms with van der Waals surface area (Å²) in [4.78, 5) is 15.4. The summed E-state index contributed by atoms with van der Waals surface area (Å²) in [6, 6.07) is 4.73. The van der Waals surface area contributed by atoms with Gasteiger partial charge in [0.25, 0.3) is 0 Å². The van der Waals surface area contributed by atoms with Crippen LogP contribution < -0.4 is 0 Å². The average molecular weight is 251 g/mol. The Kier molecular flexibility index (Phi) is 3.19. The van der Waals surface area contributed by atoms with E-state index in [0.29, 0.717) is 16.3 Å². The molecule has 3 nitrogen and oxygen atoms in total. The summed E-state index contributed by atoms with van der Waals surface area (Å²) in [5, 5.41) is 2.04. The molecule has 0 aliphatic carbocycles. The minimum absolute atomic E-state index is 0.253. The van der Waals surface area contributed by atoms with Gasteiger partial charge in [-0.3, -0.25) is 0 Å². The van der Waals surface area contributed by atoms with Gasteiger partial charge in [0.2, 0.25) is 5.01 Å². The molecule has 0 atom stereocenters. The van der Waals surface area contributed by atoms with E-state index in [4.69, 9.17) is 0 Å². The number of benzene rings is 1. The molecule has 0 unspecified atom stereocenters. The van der Waals surface area contributed by atoms with Crippen LogP contribution in [0.5, 0.6) is 0 Å². The first-order valence-electron chi connectivity index (χ1n) is 4.92. The van der Waals surface area contributed by atoms with E-state index in [1.54, 1.807) is 24.4 Å². The molecule has 0 aliphatic heterocycles. The average Bonchev–Trinajstić information content (AvgIpc) is 2.81. The molecule has 2 rings (SSSR count). The Balaban J connectivity index is 2.37. The van der Waals surface area contributed by atoms with E-state index in [0.717, 1.165) is 5.56 Å². The number of carbonyl (C=O) groups is 1. The van der Waals surface area contributed by atoms with Gasteiger partial charge in [0, 0.05) is 10.9 Å². The van der Waals surface area contributed by atoms with Crippen molar-refractivity contribution in [3.8, 4) is 11.3 Å². The van der Waals surface area contributed by atoms with Crippen LogP contribution in [0, 0.1) is 12.7 Å². The van der Waals surface area contributed by atoms with Crippen molar-refractivity contribution in [1.82, 2.24) is 4.98 Å². The van der Waals surface area contributed by atoms with E-state index in [9.17, 15) is 9.18 Å². The second-order valence-electron chi connectivity index (χ2n) is 3.49. The molecule has 0 radical (unpaired) electrons. The number of aryl methyl sites for hydroxylation is 1. The number of halogens is 1. The summed E-state index contributed by atoms with van der Waals surface area (Å²) in [5.74, 6) is -0.711. The maximum atomic E-state index is 13.1. The molecule has 0 aliphatic rings. The summed E-state index contributed by atoms with van der Waals surface area (Å²) in [6.45, 7) is 1.69. The lowest BCUT2D eigenvalue weighted by molar-refractivity contribution is 0.0600. The minimum atomic E-state index is -0.458. The molecular formula is C12H10FNO2S. The van der Waals surface area contributed by atoms with E-state index in [1.807, 2.05) is 0 Å². The van der Waals surface area contributed by atoms with Gasteiger partial charge < -0.3 is 4.74 Å². The highest BCUT2D eigenvalue weighted by atomic mass is 32.1. The number of thiazole rings is 1. The van der Waals surface area contributed by atoms with Crippen LogP contribution in [0.4, 0.5) is 4.39 Å². The number of aromatic nitrogens is 1. The summed E-state index contributed by atoms with van der Waals surface area (Å²) >= 11 is 1.21. The second kappa shape index (κ2) is 4.63. The van der Waals surface area contributed by atoms with Crippen LogP contribution in [0.1, 0.15) is 15.4 Å². The Morgan fingerprint density at radius 2 is 2.24 bits per heavy atom. The van der Waals surface area contributed by atoms with E-state index >= 15 is 0 Å². The first-order valence-corrected chi connectivity index (χ1v) is 5.80. The predicted octanol–water partition coefficient (Wildman–Crippen LogP) is 3.04. The first kappa shape index (κ1) is 11.7. The molecule has 1 aromatic carbocycles. The number of ether oxygens (including phenoxy) is 1. The van der Waals surface area contributed by atoms with Crippen LogP contribution in [-0.2, 0) is 4.74 Å². The normalized spacial score (nSPS) is 10.3. The molecule has 0 saturated carbocycles. The number of methoxy groups -OCH3 is 1. The van der Waals surface area contributed by atoms with Crippen molar-refractivity contribution in [2.45, 2.75) is 6.92 Å². The molecule has 5 heteroatoms. The van der Waals surface area contributed by atoms with E-state index in [1.165, 1.54) is 24.5 Å². The molecule has 0 N–H and O–H groups in total. The Morgan fingerprint density at radius 1 is 1.47 bits per heavy atom. The summed E-state index contributed by atoms with van der Waals surface area (Å²) in [6.07, 6.45) is 0. The quantitative estimate of drug-likeness (QED) is 0.770. The standard InChI is InChI=1S/C12H10FNO2S/c1-7-5-8(3-4-9(7)13)10-6-17-11(14-10)12(15)16-2/h3-6H,1-2H3. The SMILES string of the molecule is COC(=O)c1nc(-c2ccc(F)c(C)c2)cs1. The topological polar surface area (TPSA) is 39.2 Å². The van der Waals surface area contributed by atoms with Gasteiger partial charge in [0.1, 0.15) is 5.82 Å². The number of hydrogen-bond donors (Lipinski definition) is 0. The highest BCUT2D eigenvalue weighted by Gasteiger charge is 2.12. The minimum Gasteiger partial charge on any atom is -0.464 e. The fourth-order valence-corrected chi connectivity index (χ4v) is 2.13. The van der Waals surface area contributed by atoms with Crippen molar-refractivity contribution in [1.29, 1.82) is 0 Å². The number of hydrogen-bond acceptors (Lipinski definition) is 4. The Bertz CT molecular complexity index is 565. The van der Waals surface area contributed by atoms with Crippen LogP contribution in [0.3, 0.4) is 0 Å². The largest absolute Gasteiger partial charge is 0.464 e. The van der Waals surface area contributed by atoms with Crippen LogP contribution in [0.15, 0.2) is 23.6 Å². The third kappa shape index (κ3) is 2.34. The molecule has 0 bridgehead atoms. The van der Waals surface area contributed by atoms with Gasteiger partial charge >= 0.3 is 5.97 Å². The van der Waals surface area contributed by atoms with Crippen molar-refractivity contribution >= 4 is 17.3 Å². The molecule has 0 fully saturated rings. The lowest BCUT2D eigenvalue weighted by Gasteiger charge is -1.99. The molecule has 2 aromatic rings. The molecular weight excluding hydrogens is 241 g/mol. The summed E-state index contributed by atoms with van der Waals surface area (Å²) in [5.41, 5.74) is 1.99. The van der Waals surface area contributed by atoms with Crippen molar-refractivity contribution in [2.24, 2.45) is 0 Å². The lowest BCUT2D eigenvalue weighted by atomic mass is 10.1. The highest BCUT2D eigenvalue weighted by molar-refractivity contribution is 7.11. The summed E-state index contributed by atoms with van der Waals surface area (Å²) in [7, 11) is 1.31. The molecule has 0 spiro atoms. The first-order chi connectivity index (χ1) is 8.11. The number of carbonyl (C=O) groups excluding carboxylic acids is 1. The van der Waals surface area contributed by atoms with Crippen LogP contribution in [-0.4, -0.2) is 18.1 Å². The molecule has 1 aromatic heterocycles. The maximum absolute atomic E-state index is 13.1. The second-order valence-corrected chi connectivity index (χ2v) is 4.35. The van der Waals surface area contributed by atoms with Gasteiger partial charge in [-0.1, -0.05) is 0 Å². The fourth-order valence-electron chi connectivity index (χ4n) is 1.39. The number of nitrogens with zero attached hydrogens (tertiary/aromatic N) is 1. The van der Waals surface area contributed by atoms with Crippen molar-refractivity contribution < 1.29 is 13.9 Å². The Labute approximate surface area is 102 Å². The van der Waals surface area contributed by atoms with Crippen molar-refractivity contribution in [3.05, 3.63) is 40.0 Å². The summed E-state index contributed by atoms with van der Waals surface area (Å²) < 4.78 is 17.7. The third-order valence-corrected chi connectivity index (χ3v) is 3.14. The van der Waals surface area contributed by atoms with Gasteiger partial charge in [-0.25, -0.2) is 14.2 Å². The van der Waals surface area contributed by atoms with E-state index in [-0.39, 0.29) is 5.82 Å². The fraction of sp³-hybridized carbons (Fsp3) is 0.167. The molecule has 0 amide bonds. The zero-order valence-electron chi connectivity index (χ0n) is 9.36. The van der Waals surface area contributed by atoms with Crippen molar-refractivity contribution in [2.75, 3.05) is 7.11 Å². The lowest BCUT2D eigenvalue weighted by Crippen LogP contribution is -1.99. The third-order valence-electron chi connectivity index (χ3n) is 2.32. The van der Waals surface area contributed by atoms with Crippen LogP contribution in [0.25, 0.3) is 11.3 Å². The molecule has 1 heterocycles. The zero-order chi connectivity index (χ0) is 12.4. The van der Waals surface area contributed by atoms with Crippen LogP contribution in [0.2, 0.25) is 0 Å². The Morgan fingerprint density at radius 3 is 2.88 bits per heavy atom. The smallest absolute Gasteiger partial charge is 0.367 e. The monoisotopic (exact) mass is 251 g/mol. The molecule has 88 valence electrons. The maximum Gasteiger partial charge on any atom is 0.367 e. The Hall–Kier alpha value is -1.75. The number of esters is 1. The van der Waals surface area contributed by atoms with Crippen molar-refractivity contribution in [3.63, 3.8) is 0 Å². The predicted molar refractivity (Wildman–Crippen MR) is 63.6 cm³/mol. The van der Waals surface area contributed by atoms with E-state index in [2.05, 4.69) is 9.72 Å². The highest BCUT2D eigenvalue weighted by Crippen LogP contribution is 2.24. The molecule has 0 saturated heterocycles. The van der Waals surface area contributed by atoms with Crippen LogP contribution >= 0.6 is 11.3 Å². The van der Waals surface area contributed by atoms with Gasteiger partial charge in [-0.05, 0) is 30.7 Å². The zero-order valence-corrected chi connectivity index (χ0v) is 10.2.